The average Bonchev–Trinajstić information content (AvgIpc) is 3.19. The van der Waals surface area contributed by atoms with Gasteiger partial charge in [-0.2, -0.15) is 4.31 Å². The number of rotatable bonds is 8. The summed E-state index contributed by atoms with van der Waals surface area (Å²) in [5.74, 6) is 1.35. The molecule has 0 amide bonds. The molecule has 7 heteroatoms. The van der Waals surface area contributed by atoms with Crippen molar-refractivity contribution in [1.82, 2.24) is 4.31 Å². The highest BCUT2D eigenvalue weighted by atomic mass is 32.2. The van der Waals surface area contributed by atoms with Crippen LogP contribution in [0.4, 0.5) is 0 Å². The van der Waals surface area contributed by atoms with Gasteiger partial charge in [0.2, 0.25) is 10.0 Å². The molecule has 6 nitrogen and oxygen atoms in total. The van der Waals surface area contributed by atoms with E-state index in [1.54, 1.807) is 42.8 Å². The van der Waals surface area contributed by atoms with Crippen molar-refractivity contribution < 1.29 is 22.6 Å². The summed E-state index contributed by atoms with van der Waals surface area (Å²) < 4.78 is 43.7. The number of hydrogen-bond donors (Lipinski definition) is 0. The highest BCUT2D eigenvalue weighted by molar-refractivity contribution is 7.89. The van der Waals surface area contributed by atoms with Gasteiger partial charge in [0.05, 0.1) is 24.7 Å². The maximum Gasteiger partial charge on any atom is 0.243 e. The highest BCUT2D eigenvalue weighted by Gasteiger charge is 2.36. The van der Waals surface area contributed by atoms with Crippen molar-refractivity contribution in [3.63, 3.8) is 0 Å². The van der Waals surface area contributed by atoms with Crippen molar-refractivity contribution in [2.45, 2.75) is 23.8 Å². The van der Waals surface area contributed by atoms with E-state index in [4.69, 9.17) is 14.2 Å². The largest absolute Gasteiger partial charge is 0.497 e. The molecule has 0 aliphatic carbocycles. The zero-order chi connectivity index (χ0) is 19.3. The van der Waals surface area contributed by atoms with Gasteiger partial charge in [-0.15, -0.1) is 0 Å². The van der Waals surface area contributed by atoms with Gasteiger partial charge in [-0.25, -0.2) is 8.42 Å². The van der Waals surface area contributed by atoms with Crippen molar-refractivity contribution in [1.29, 1.82) is 0 Å². The molecule has 1 fully saturated rings. The summed E-state index contributed by atoms with van der Waals surface area (Å²) in [4.78, 5) is 0.274. The van der Waals surface area contributed by atoms with E-state index in [0.29, 0.717) is 25.5 Å². The van der Waals surface area contributed by atoms with Gasteiger partial charge in [-0.05, 0) is 54.8 Å². The molecular formula is C20H25NO5S. The minimum absolute atomic E-state index is 0.178. The van der Waals surface area contributed by atoms with E-state index in [9.17, 15) is 8.42 Å². The van der Waals surface area contributed by atoms with Gasteiger partial charge in [0, 0.05) is 13.7 Å². The lowest BCUT2D eigenvalue weighted by Crippen LogP contribution is -2.30. The molecule has 2 aromatic rings. The summed E-state index contributed by atoms with van der Waals surface area (Å²) >= 11 is 0. The molecule has 1 aliphatic rings. The Kier molecular flexibility index (Phi) is 6.36. The standard InChI is InChI=1S/C20H25NO5S/c1-24-13-14-26-17-8-10-19(11-9-17)27(22,23)21-12-4-7-20(21)16-5-3-6-18(15-16)25-2/h3,5-6,8-11,15,20H,4,7,12-14H2,1-2H3. The first-order valence-corrected chi connectivity index (χ1v) is 10.4. The molecule has 27 heavy (non-hydrogen) atoms. The average molecular weight is 391 g/mol. The second-order valence-electron chi connectivity index (χ2n) is 6.36. The van der Waals surface area contributed by atoms with Crippen LogP contribution in [0.2, 0.25) is 0 Å². The number of hydrogen-bond acceptors (Lipinski definition) is 5. The van der Waals surface area contributed by atoms with Crippen LogP contribution in [0.3, 0.4) is 0 Å². The van der Waals surface area contributed by atoms with E-state index in [2.05, 4.69) is 0 Å². The lowest BCUT2D eigenvalue weighted by molar-refractivity contribution is 0.146. The number of benzene rings is 2. The minimum atomic E-state index is -3.59. The number of nitrogens with zero attached hydrogens (tertiary/aromatic N) is 1. The lowest BCUT2D eigenvalue weighted by atomic mass is 10.1. The highest BCUT2D eigenvalue weighted by Crippen LogP contribution is 2.37. The van der Waals surface area contributed by atoms with Crippen molar-refractivity contribution in [2.24, 2.45) is 0 Å². The Hall–Kier alpha value is -2.09. The molecule has 1 saturated heterocycles. The summed E-state index contributed by atoms with van der Waals surface area (Å²) in [5, 5.41) is 0. The zero-order valence-corrected chi connectivity index (χ0v) is 16.4. The van der Waals surface area contributed by atoms with Crippen molar-refractivity contribution in [3.8, 4) is 11.5 Å². The molecule has 0 N–H and O–H groups in total. The van der Waals surface area contributed by atoms with E-state index in [1.165, 1.54) is 0 Å². The van der Waals surface area contributed by atoms with Gasteiger partial charge < -0.3 is 14.2 Å². The van der Waals surface area contributed by atoms with Crippen LogP contribution < -0.4 is 9.47 Å². The molecule has 0 radical (unpaired) electrons. The van der Waals surface area contributed by atoms with Crippen molar-refractivity contribution in [2.75, 3.05) is 34.0 Å². The maximum atomic E-state index is 13.2. The van der Waals surface area contributed by atoms with E-state index >= 15 is 0 Å². The molecular weight excluding hydrogens is 366 g/mol. The van der Waals surface area contributed by atoms with Crippen molar-refractivity contribution >= 4 is 10.0 Å². The summed E-state index contributed by atoms with van der Waals surface area (Å²) in [7, 11) is -0.371. The molecule has 1 atom stereocenters. The van der Waals surface area contributed by atoms with Crippen LogP contribution in [-0.2, 0) is 14.8 Å². The fraction of sp³-hybridized carbons (Fsp3) is 0.400. The second kappa shape index (κ2) is 8.73. The van der Waals surface area contributed by atoms with Gasteiger partial charge in [-0.1, -0.05) is 12.1 Å². The van der Waals surface area contributed by atoms with E-state index < -0.39 is 10.0 Å². The fourth-order valence-corrected chi connectivity index (χ4v) is 4.98. The van der Waals surface area contributed by atoms with Crippen LogP contribution in [-0.4, -0.2) is 46.7 Å². The first-order chi connectivity index (χ1) is 13.1. The Morgan fingerprint density at radius 2 is 1.81 bits per heavy atom. The van der Waals surface area contributed by atoms with Crippen LogP contribution in [0.15, 0.2) is 53.4 Å². The molecule has 0 saturated carbocycles. The predicted molar refractivity (Wildman–Crippen MR) is 103 cm³/mol. The van der Waals surface area contributed by atoms with Crippen molar-refractivity contribution in [3.05, 3.63) is 54.1 Å². The van der Waals surface area contributed by atoms with Gasteiger partial charge in [0.15, 0.2) is 0 Å². The Bertz CT molecular complexity index is 851. The first-order valence-electron chi connectivity index (χ1n) is 8.94. The molecule has 3 rings (SSSR count). The Labute approximate surface area is 160 Å². The van der Waals surface area contributed by atoms with E-state index in [1.807, 2.05) is 24.3 Å². The molecule has 1 unspecified atom stereocenters. The third-order valence-corrected chi connectivity index (χ3v) is 6.59. The number of methoxy groups -OCH3 is 2. The molecule has 1 heterocycles. The molecule has 0 aromatic heterocycles. The Balaban J connectivity index is 1.80. The topological polar surface area (TPSA) is 65.1 Å². The van der Waals surface area contributed by atoms with Gasteiger partial charge in [0.1, 0.15) is 18.1 Å². The summed E-state index contributed by atoms with van der Waals surface area (Å²) in [5.41, 5.74) is 0.954. The lowest BCUT2D eigenvalue weighted by Gasteiger charge is -2.25. The Morgan fingerprint density at radius 1 is 1.04 bits per heavy atom. The number of sulfonamides is 1. The third-order valence-electron chi connectivity index (χ3n) is 4.67. The van der Waals surface area contributed by atoms with Crippen LogP contribution in [0.1, 0.15) is 24.4 Å². The normalized spacial score (nSPS) is 17.8. The molecule has 2 aromatic carbocycles. The van der Waals surface area contributed by atoms with E-state index in [0.717, 1.165) is 24.2 Å². The fourth-order valence-electron chi connectivity index (χ4n) is 3.30. The summed E-state index contributed by atoms with van der Waals surface area (Å²) in [6, 6.07) is 14.0. The summed E-state index contributed by atoms with van der Waals surface area (Å²) in [6.45, 7) is 1.42. The third kappa shape index (κ3) is 4.43. The second-order valence-corrected chi connectivity index (χ2v) is 8.25. The monoisotopic (exact) mass is 391 g/mol. The van der Waals surface area contributed by atoms with Gasteiger partial charge in [-0.3, -0.25) is 0 Å². The smallest absolute Gasteiger partial charge is 0.243 e. The van der Waals surface area contributed by atoms with Crippen LogP contribution in [0.5, 0.6) is 11.5 Å². The SMILES string of the molecule is COCCOc1ccc(S(=O)(=O)N2CCCC2c2cccc(OC)c2)cc1. The van der Waals surface area contributed by atoms with Crippen LogP contribution in [0, 0.1) is 0 Å². The molecule has 0 spiro atoms. The van der Waals surface area contributed by atoms with E-state index in [-0.39, 0.29) is 10.9 Å². The van der Waals surface area contributed by atoms with Gasteiger partial charge in [0.25, 0.3) is 0 Å². The quantitative estimate of drug-likeness (QED) is 0.647. The summed E-state index contributed by atoms with van der Waals surface area (Å²) in [6.07, 6.45) is 1.63. The number of ether oxygens (including phenoxy) is 3. The molecule has 0 bridgehead atoms. The van der Waals surface area contributed by atoms with Crippen LogP contribution in [0.25, 0.3) is 0 Å². The minimum Gasteiger partial charge on any atom is -0.497 e. The predicted octanol–water partition coefficient (Wildman–Crippen LogP) is 3.25. The molecule has 146 valence electrons. The first kappa shape index (κ1) is 19.7. The molecule has 1 aliphatic heterocycles. The Morgan fingerprint density at radius 3 is 2.52 bits per heavy atom. The van der Waals surface area contributed by atoms with Gasteiger partial charge >= 0.3 is 0 Å². The maximum absolute atomic E-state index is 13.2. The van der Waals surface area contributed by atoms with Crippen LogP contribution >= 0.6 is 0 Å². The zero-order valence-electron chi connectivity index (χ0n) is 15.6.